The molecule has 176 valence electrons. The van der Waals surface area contributed by atoms with Crippen LogP contribution in [0.5, 0.6) is 5.88 Å². The van der Waals surface area contributed by atoms with Crippen LogP contribution >= 0.6 is 0 Å². The largest absolute Gasteiger partial charge is 0.475 e. The van der Waals surface area contributed by atoms with Crippen molar-refractivity contribution in [3.63, 3.8) is 0 Å². The second kappa shape index (κ2) is 14.1. The van der Waals surface area contributed by atoms with Crippen molar-refractivity contribution in [1.82, 2.24) is 10.3 Å². The Hall–Kier alpha value is -3.17. The highest BCUT2D eigenvalue weighted by molar-refractivity contribution is 5.50. The van der Waals surface area contributed by atoms with Crippen molar-refractivity contribution < 1.29 is 14.2 Å². The van der Waals surface area contributed by atoms with Gasteiger partial charge in [-0.3, -0.25) is 0 Å². The van der Waals surface area contributed by atoms with Crippen LogP contribution in [0.2, 0.25) is 0 Å². The standard InChI is InChI=1S/C24H32N4O3.CHN/c1-18(2)31-23-9-6-20(14-27-23)15-28(22-7-4-19(12-25)5-8-22)11-10-24-29-16-21(13-26-3)17-30-24;1-2/h4-9,14,18,21,24,26H,10-11,13,15-17H2,1-3H3;1H. The summed E-state index contributed by atoms with van der Waals surface area (Å²) in [4.78, 5) is 6.68. The number of benzene rings is 1. The fraction of sp³-hybridized carbons (Fsp3) is 0.480. The third kappa shape index (κ3) is 8.70. The highest BCUT2D eigenvalue weighted by Gasteiger charge is 2.22. The van der Waals surface area contributed by atoms with Gasteiger partial charge in [-0.25, -0.2) is 10.2 Å². The molecule has 2 aromatic rings. The topological polar surface area (TPSA) is 103 Å². The maximum absolute atomic E-state index is 9.10. The molecule has 0 saturated carbocycles. The lowest BCUT2D eigenvalue weighted by Crippen LogP contribution is -2.38. The van der Waals surface area contributed by atoms with Crippen LogP contribution in [-0.4, -0.2) is 50.7 Å². The molecule has 1 saturated heterocycles. The molecular weight excluding hydrogens is 418 g/mol. The third-order valence-electron chi connectivity index (χ3n) is 5.05. The lowest BCUT2D eigenvalue weighted by molar-refractivity contribution is -0.200. The van der Waals surface area contributed by atoms with Crippen molar-refractivity contribution in [1.29, 1.82) is 10.5 Å². The molecule has 0 radical (unpaired) electrons. The Morgan fingerprint density at radius 3 is 2.42 bits per heavy atom. The highest BCUT2D eigenvalue weighted by atomic mass is 16.7. The Balaban J connectivity index is 0.00000187. The summed E-state index contributed by atoms with van der Waals surface area (Å²) in [5.41, 5.74) is 2.78. The SMILES string of the molecule is C#N.CNCC1COC(CCN(Cc2ccc(OC(C)C)nc2)c2ccc(C#N)cc2)OC1. The van der Waals surface area contributed by atoms with Crippen LogP contribution in [-0.2, 0) is 16.0 Å². The Bertz CT molecular complexity index is 870. The van der Waals surface area contributed by atoms with E-state index < -0.39 is 0 Å². The first kappa shape index (κ1) is 26.1. The van der Waals surface area contributed by atoms with E-state index in [0.717, 1.165) is 30.8 Å². The molecule has 1 aliphatic heterocycles. The Morgan fingerprint density at radius 2 is 1.88 bits per heavy atom. The van der Waals surface area contributed by atoms with Gasteiger partial charge >= 0.3 is 0 Å². The van der Waals surface area contributed by atoms with Gasteiger partial charge in [0.2, 0.25) is 5.88 Å². The van der Waals surface area contributed by atoms with Crippen molar-refractivity contribution in [3.05, 3.63) is 53.7 Å². The molecule has 0 aliphatic carbocycles. The number of ether oxygens (including phenoxy) is 3. The predicted molar refractivity (Wildman–Crippen MR) is 127 cm³/mol. The first-order chi connectivity index (χ1) is 16.1. The molecule has 1 aromatic carbocycles. The number of anilines is 1. The summed E-state index contributed by atoms with van der Waals surface area (Å²) in [6.45, 7) is 11.2. The zero-order valence-corrected chi connectivity index (χ0v) is 19.6. The first-order valence-electron chi connectivity index (χ1n) is 11.1. The molecule has 0 bridgehead atoms. The fourth-order valence-corrected chi connectivity index (χ4v) is 3.50. The van der Waals surface area contributed by atoms with Crippen LogP contribution in [0.3, 0.4) is 0 Å². The number of hydrogen-bond donors (Lipinski definition) is 1. The average Bonchev–Trinajstić information content (AvgIpc) is 2.85. The molecule has 0 spiro atoms. The molecule has 1 aliphatic rings. The molecule has 3 rings (SSSR count). The molecular formula is C25H33N5O3. The van der Waals surface area contributed by atoms with Gasteiger partial charge in [0, 0.05) is 56.5 Å². The van der Waals surface area contributed by atoms with Gasteiger partial charge in [0.15, 0.2) is 6.29 Å². The molecule has 2 heterocycles. The minimum Gasteiger partial charge on any atom is -0.475 e. The summed E-state index contributed by atoms with van der Waals surface area (Å²) in [6.07, 6.45) is 2.50. The molecule has 33 heavy (non-hydrogen) atoms. The van der Waals surface area contributed by atoms with Crippen molar-refractivity contribution >= 4 is 5.69 Å². The third-order valence-corrected chi connectivity index (χ3v) is 5.05. The second-order valence-corrected chi connectivity index (χ2v) is 8.06. The minimum atomic E-state index is -0.200. The first-order valence-corrected chi connectivity index (χ1v) is 11.1. The maximum atomic E-state index is 9.10. The van der Waals surface area contributed by atoms with Gasteiger partial charge in [-0.2, -0.15) is 5.26 Å². The fourth-order valence-electron chi connectivity index (χ4n) is 3.50. The molecule has 1 N–H and O–H groups in total. The van der Waals surface area contributed by atoms with Crippen LogP contribution in [0.25, 0.3) is 0 Å². The van der Waals surface area contributed by atoms with E-state index in [0.29, 0.717) is 37.1 Å². The summed E-state index contributed by atoms with van der Waals surface area (Å²) in [7, 11) is 1.94. The van der Waals surface area contributed by atoms with Gasteiger partial charge < -0.3 is 24.4 Å². The number of pyridine rings is 1. The van der Waals surface area contributed by atoms with Crippen LogP contribution in [0.15, 0.2) is 42.6 Å². The van der Waals surface area contributed by atoms with Crippen molar-refractivity contribution in [3.8, 4) is 18.5 Å². The maximum Gasteiger partial charge on any atom is 0.213 e. The summed E-state index contributed by atoms with van der Waals surface area (Å²) in [5, 5.41) is 18.8. The van der Waals surface area contributed by atoms with E-state index in [1.165, 1.54) is 0 Å². The van der Waals surface area contributed by atoms with Crippen molar-refractivity contribution in [2.24, 2.45) is 5.92 Å². The summed E-state index contributed by atoms with van der Waals surface area (Å²) in [6, 6.07) is 13.8. The molecule has 8 nitrogen and oxygen atoms in total. The van der Waals surface area contributed by atoms with Gasteiger partial charge in [-0.1, -0.05) is 6.07 Å². The van der Waals surface area contributed by atoms with Crippen LogP contribution in [0.4, 0.5) is 5.69 Å². The normalized spacial score (nSPS) is 17.5. The zero-order chi connectivity index (χ0) is 24.1. The average molecular weight is 452 g/mol. The van der Waals surface area contributed by atoms with Gasteiger partial charge in [0.05, 0.1) is 31.0 Å². The molecule has 0 amide bonds. The number of nitriles is 2. The summed E-state index contributed by atoms with van der Waals surface area (Å²) < 4.78 is 17.5. The molecule has 0 atom stereocenters. The van der Waals surface area contributed by atoms with Crippen molar-refractivity contribution in [2.45, 2.75) is 39.2 Å². The molecule has 0 unspecified atom stereocenters. The predicted octanol–water partition coefficient (Wildman–Crippen LogP) is 3.49. The van der Waals surface area contributed by atoms with Gasteiger partial charge in [0.1, 0.15) is 0 Å². The summed E-state index contributed by atoms with van der Waals surface area (Å²) in [5.74, 6) is 1.03. The quantitative estimate of drug-likeness (QED) is 0.586. The van der Waals surface area contributed by atoms with E-state index in [4.69, 9.17) is 24.7 Å². The van der Waals surface area contributed by atoms with E-state index in [1.807, 2.05) is 63.5 Å². The number of rotatable bonds is 10. The van der Waals surface area contributed by atoms with Gasteiger partial charge in [0.25, 0.3) is 0 Å². The lowest BCUT2D eigenvalue weighted by Gasteiger charge is -2.32. The van der Waals surface area contributed by atoms with E-state index in [-0.39, 0.29) is 12.4 Å². The Morgan fingerprint density at radius 1 is 1.18 bits per heavy atom. The zero-order valence-electron chi connectivity index (χ0n) is 19.6. The monoisotopic (exact) mass is 451 g/mol. The smallest absolute Gasteiger partial charge is 0.213 e. The second-order valence-electron chi connectivity index (χ2n) is 8.06. The Kier molecular flexibility index (Phi) is 11.1. The number of nitrogens with one attached hydrogen (secondary N) is 1. The summed E-state index contributed by atoms with van der Waals surface area (Å²) >= 11 is 0. The highest BCUT2D eigenvalue weighted by Crippen LogP contribution is 2.21. The van der Waals surface area contributed by atoms with Gasteiger partial charge in [-0.15, -0.1) is 0 Å². The molecule has 1 aromatic heterocycles. The lowest BCUT2D eigenvalue weighted by atomic mass is 10.1. The van der Waals surface area contributed by atoms with E-state index in [2.05, 4.69) is 27.8 Å². The van der Waals surface area contributed by atoms with Crippen LogP contribution in [0.1, 0.15) is 31.4 Å². The Labute approximate surface area is 196 Å². The van der Waals surface area contributed by atoms with E-state index in [9.17, 15) is 0 Å². The van der Waals surface area contributed by atoms with E-state index >= 15 is 0 Å². The van der Waals surface area contributed by atoms with Crippen LogP contribution < -0.4 is 15.0 Å². The number of nitrogens with zero attached hydrogens (tertiary/aromatic N) is 4. The number of aromatic nitrogens is 1. The number of hydrogen-bond acceptors (Lipinski definition) is 8. The van der Waals surface area contributed by atoms with Gasteiger partial charge in [-0.05, 0) is 50.7 Å². The van der Waals surface area contributed by atoms with Crippen molar-refractivity contribution in [2.75, 3.05) is 38.3 Å². The van der Waals surface area contributed by atoms with E-state index in [1.54, 1.807) is 0 Å². The molecule has 8 heteroatoms. The van der Waals surface area contributed by atoms with Crippen LogP contribution in [0, 0.1) is 29.1 Å². The minimum absolute atomic E-state index is 0.0942. The molecule has 1 fully saturated rings.